The SMILES string of the molecule is O=C(O)CC/C=N/OCc1c(F)c(F)c(F)c(F)c1F. The highest BCUT2D eigenvalue weighted by Gasteiger charge is 2.25. The normalized spacial score (nSPS) is 11.1. The summed E-state index contributed by atoms with van der Waals surface area (Å²) in [6.07, 6.45) is 0.752. The summed E-state index contributed by atoms with van der Waals surface area (Å²) in [7, 11) is 0. The summed E-state index contributed by atoms with van der Waals surface area (Å²) in [4.78, 5) is 14.5. The maximum absolute atomic E-state index is 13.2. The largest absolute Gasteiger partial charge is 0.481 e. The van der Waals surface area contributed by atoms with Crippen molar-refractivity contribution in [1.82, 2.24) is 0 Å². The van der Waals surface area contributed by atoms with E-state index in [9.17, 15) is 26.7 Å². The first-order valence-electron chi connectivity index (χ1n) is 5.22. The van der Waals surface area contributed by atoms with Gasteiger partial charge in [-0.2, -0.15) is 0 Å². The minimum atomic E-state index is -2.26. The minimum Gasteiger partial charge on any atom is -0.481 e. The number of carboxylic acids is 1. The molecule has 1 aromatic carbocycles. The highest BCUT2D eigenvalue weighted by molar-refractivity contribution is 5.71. The van der Waals surface area contributed by atoms with Crippen molar-refractivity contribution < 1.29 is 36.7 Å². The van der Waals surface area contributed by atoms with Crippen molar-refractivity contribution >= 4 is 12.2 Å². The van der Waals surface area contributed by atoms with Crippen molar-refractivity contribution in [3.05, 3.63) is 34.6 Å². The van der Waals surface area contributed by atoms with Crippen LogP contribution in [-0.2, 0) is 16.2 Å². The Labute approximate surface area is 109 Å². The molecule has 0 heterocycles. The van der Waals surface area contributed by atoms with Crippen LogP contribution in [0, 0.1) is 29.1 Å². The molecule has 0 saturated carbocycles. The predicted octanol–water partition coefficient (Wildman–Crippen LogP) is 2.75. The lowest BCUT2D eigenvalue weighted by atomic mass is 10.2. The Hall–Kier alpha value is -2.19. The lowest BCUT2D eigenvalue weighted by Gasteiger charge is -2.06. The van der Waals surface area contributed by atoms with E-state index in [0.29, 0.717) is 0 Å². The maximum atomic E-state index is 13.2. The van der Waals surface area contributed by atoms with E-state index in [1.54, 1.807) is 0 Å². The van der Waals surface area contributed by atoms with Gasteiger partial charge in [0.2, 0.25) is 5.82 Å². The molecule has 0 atom stereocenters. The number of rotatable bonds is 6. The molecular weight excluding hydrogens is 289 g/mol. The summed E-state index contributed by atoms with van der Waals surface area (Å²) in [5, 5.41) is 11.4. The summed E-state index contributed by atoms with van der Waals surface area (Å²) in [5.41, 5.74) is -1.16. The third-order valence-corrected chi connectivity index (χ3v) is 2.15. The molecular formula is C11H8F5NO3. The van der Waals surface area contributed by atoms with Crippen molar-refractivity contribution in [2.24, 2.45) is 5.16 Å². The fourth-order valence-corrected chi connectivity index (χ4v) is 1.17. The molecule has 1 rings (SSSR count). The summed E-state index contributed by atoms with van der Waals surface area (Å²) < 4.78 is 64.6. The molecule has 0 radical (unpaired) electrons. The Morgan fingerprint density at radius 1 is 1.05 bits per heavy atom. The molecule has 0 aliphatic rings. The Balaban J connectivity index is 2.72. The Morgan fingerprint density at radius 2 is 1.55 bits per heavy atom. The van der Waals surface area contributed by atoms with Gasteiger partial charge in [-0.1, -0.05) is 5.16 Å². The molecule has 20 heavy (non-hydrogen) atoms. The number of carbonyl (C=O) groups is 1. The average Bonchev–Trinajstić information content (AvgIpc) is 2.41. The maximum Gasteiger partial charge on any atom is 0.303 e. The fourth-order valence-electron chi connectivity index (χ4n) is 1.17. The molecule has 0 aromatic heterocycles. The van der Waals surface area contributed by atoms with Crippen molar-refractivity contribution in [2.75, 3.05) is 0 Å². The number of aliphatic carboxylic acids is 1. The third kappa shape index (κ3) is 3.65. The third-order valence-electron chi connectivity index (χ3n) is 2.15. The molecule has 0 aliphatic heterocycles. The molecule has 110 valence electrons. The molecule has 0 bridgehead atoms. The van der Waals surface area contributed by atoms with E-state index in [0.717, 1.165) is 6.21 Å². The highest BCUT2D eigenvalue weighted by Crippen LogP contribution is 2.23. The van der Waals surface area contributed by atoms with E-state index in [1.807, 2.05) is 0 Å². The van der Waals surface area contributed by atoms with E-state index >= 15 is 0 Å². The first-order chi connectivity index (χ1) is 9.36. The number of halogens is 5. The predicted molar refractivity (Wildman–Crippen MR) is 56.4 cm³/mol. The fraction of sp³-hybridized carbons (Fsp3) is 0.273. The van der Waals surface area contributed by atoms with Gasteiger partial charge >= 0.3 is 5.97 Å². The van der Waals surface area contributed by atoms with Crippen molar-refractivity contribution in [3.63, 3.8) is 0 Å². The molecule has 1 N–H and O–H groups in total. The van der Waals surface area contributed by atoms with Crippen LogP contribution < -0.4 is 0 Å². The van der Waals surface area contributed by atoms with Crippen LogP contribution in [0.3, 0.4) is 0 Å². The second-order valence-electron chi connectivity index (χ2n) is 3.54. The highest BCUT2D eigenvalue weighted by atomic mass is 19.2. The zero-order valence-corrected chi connectivity index (χ0v) is 9.80. The minimum absolute atomic E-state index is 0.00750. The quantitative estimate of drug-likeness (QED) is 0.289. The topological polar surface area (TPSA) is 58.9 Å². The Bertz CT molecular complexity index is 518. The molecule has 0 aliphatic carbocycles. The van der Waals surface area contributed by atoms with Gasteiger partial charge in [-0.3, -0.25) is 4.79 Å². The van der Waals surface area contributed by atoms with Gasteiger partial charge in [-0.25, -0.2) is 22.0 Å². The summed E-state index contributed by atoms with van der Waals surface area (Å²) in [6, 6.07) is 0. The van der Waals surface area contributed by atoms with Crippen LogP contribution in [-0.4, -0.2) is 17.3 Å². The molecule has 0 amide bonds. The van der Waals surface area contributed by atoms with Gasteiger partial charge in [0.15, 0.2) is 23.3 Å². The lowest BCUT2D eigenvalue weighted by molar-refractivity contribution is -0.136. The molecule has 9 heteroatoms. The summed E-state index contributed by atoms with van der Waals surface area (Å²) in [6.45, 7) is -0.977. The standard InChI is InChI=1S/C11H8F5NO3/c12-7-5(4-20-17-3-1-2-6(18)19)8(13)10(15)11(16)9(7)14/h3H,1-2,4H2,(H,18,19)/b17-3+. The van der Waals surface area contributed by atoms with E-state index in [-0.39, 0.29) is 12.8 Å². The van der Waals surface area contributed by atoms with Crippen LogP contribution in [0.2, 0.25) is 0 Å². The number of nitrogens with zero attached hydrogens (tertiary/aromatic N) is 1. The zero-order valence-electron chi connectivity index (χ0n) is 9.80. The lowest BCUT2D eigenvalue weighted by Crippen LogP contribution is -2.07. The first kappa shape index (κ1) is 15.9. The number of hydrogen-bond donors (Lipinski definition) is 1. The van der Waals surface area contributed by atoms with E-state index in [1.165, 1.54) is 0 Å². The molecule has 0 spiro atoms. The number of oxime groups is 1. The average molecular weight is 297 g/mol. The molecule has 4 nitrogen and oxygen atoms in total. The van der Waals surface area contributed by atoms with E-state index < -0.39 is 47.2 Å². The molecule has 0 unspecified atom stereocenters. The zero-order chi connectivity index (χ0) is 15.3. The Kier molecular flexibility index (Phi) is 5.42. The van der Waals surface area contributed by atoms with Crippen molar-refractivity contribution in [2.45, 2.75) is 19.4 Å². The summed E-state index contributed by atoms with van der Waals surface area (Å²) in [5.74, 6) is -11.5. The summed E-state index contributed by atoms with van der Waals surface area (Å²) >= 11 is 0. The molecule has 0 fully saturated rings. The smallest absolute Gasteiger partial charge is 0.303 e. The van der Waals surface area contributed by atoms with Crippen LogP contribution in [0.1, 0.15) is 18.4 Å². The number of benzene rings is 1. The van der Waals surface area contributed by atoms with Crippen LogP contribution in [0.4, 0.5) is 22.0 Å². The first-order valence-corrected chi connectivity index (χ1v) is 5.22. The van der Waals surface area contributed by atoms with Crippen LogP contribution in [0.5, 0.6) is 0 Å². The van der Waals surface area contributed by atoms with Gasteiger partial charge in [0.05, 0.1) is 12.0 Å². The van der Waals surface area contributed by atoms with Gasteiger partial charge in [-0.15, -0.1) is 0 Å². The monoisotopic (exact) mass is 297 g/mol. The number of hydrogen-bond acceptors (Lipinski definition) is 3. The molecule has 1 aromatic rings. The van der Waals surface area contributed by atoms with E-state index in [4.69, 9.17) is 5.11 Å². The number of carboxylic acid groups (broad SMARTS) is 1. The van der Waals surface area contributed by atoms with Gasteiger partial charge in [0, 0.05) is 6.21 Å². The van der Waals surface area contributed by atoms with Crippen molar-refractivity contribution in [1.29, 1.82) is 0 Å². The molecule has 0 saturated heterocycles. The van der Waals surface area contributed by atoms with Gasteiger partial charge in [0.1, 0.15) is 6.61 Å². The van der Waals surface area contributed by atoms with Gasteiger partial charge in [-0.05, 0) is 6.42 Å². The second-order valence-corrected chi connectivity index (χ2v) is 3.54. The Morgan fingerprint density at radius 3 is 2.05 bits per heavy atom. The second kappa shape index (κ2) is 6.83. The van der Waals surface area contributed by atoms with Crippen molar-refractivity contribution in [3.8, 4) is 0 Å². The van der Waals surface area contributed by atoms with Crippen LogP contribution in [0.25, 0.3) is 0 Å². The van der Waals surface area contributed by atoms with Crippen LogP contribution in [0.15, 0.2) is 5.16 Å². The van der Waals surface area contributed by atoms with E-state index in [2.05, 4.69) is 9.99 Å². The van der Waals surface area contributed by atoms with Crippen LogP contribution >= 0.6 is 0 Å². The van der Waals surface area contributed by atoms with Gasteiger partial charge < -0.3 is 9.94 Å². The van der Waals surface area contributed by atoms with Gasteiger partial charge in [0.25, 0.3) is 0 Å².